The van der Waals surface area contributed by atoms with E-state index in [1.165, 1.54) is 31.6 Å². The molecule has 1 N–H and O–H groups in total. The Balaban J connectivity index is 1.86. The fourth-order valence-electron chi connectivity index (χ4n) is 2.77. The lowest BCUT2D eigenvalue weighted by Crippen LogP contribution is -2.36. The quantitative estimate of drug-likeness (QED) is 0.839. The van der Waals surface area contributed by atoms with Gasteiger partial charge < -0.3 is 14.8 Å². The Labute approximate surface area is 110 Å². The Morgan fingerprint density at radius 2 is 2.17 bits per heavy atom. The number of imidazole rings is 1. The van der Waals surface area contributed by atoms with E-state index in [2.05, 4.69) is 32.9 Å². The van der Waals surface area contributed by atoms with Crippen LogP contribution in [0.5, 0.6) is 0 Å². The van der Waals surface area contributed by atoms with Crippen LogP contribution >= 0.6 is 0 Å². The summed E-state index contributed by atoms with van der Waals surface area (Å²) in [6, 6.07) is 0. The first-order valence-electron chi connectivity index (χ1n) is 7.25. The molecule has 0 atom stereocenters. The van der Waals surface area contributed by atoms with Gasteiger partial charge in [-0.25, -0.2) is 4.98 Å². The molecule has 1 saturated heterocycles. The van der Waals surface area contributed by atoms with Crippen molar-refractivity contribution in [1.82, 2.24) is 14.9 Å². The summed E-state index contributed by atoms with van der Waals surface area (Å²) in [5.74, 6) is 2.06. The highest BCUT2D eigenvalue weighted by Crippen LogP contribution is 2.24. The fourth-order valence-corrected chi connectivity index (χ4v) is 2.77. The normalized spacial score (nSPS) is 17.3. The molecule has 1 fully saturated rings. The van der Waals surface area contributed by atoms with Crippen LogP contribution in [-0.2, 0) is 6.54 Å². The molecule has 0 aliphatic carbocycles. The second-order valence-corrected chi connectivity index (χ2v) is 5.24. The van der Waals surface area contributed by atoms with E-state index in [1.54, 1.807) is 0 Å². The lowest BCUT2D eigenvalue weighted by Gasteiger charge is -2.33. The van der Waals surface area contributed by atoms with Crippen LogP contribution in [0.2, 0.25) is 0 Å². The summed E-state index contributed by atoms with van der Waals surface area (Å²) in [4.78, 5) is 6.97. The molecule has 102 valence electrons. The number of nitrogens with zero attached hydrogens (tertiary/aromatic N) is 3. The van der Waals surface area contributed by atoms with Crippen molar-refractivity contribution in [2.45, 2.75) is 39.2 Å². The van der Waals surface area contributed by atoms with Crippen molar-refractivity contribution in [3.63, 3.8) is 0 Å². The van der Waals surface area contributed by atoms with Gasteiger partial charge in [0.15, 0.2) is 0 Å². The van der Waals surface area contributed by atoms with Crippen molar-refractivity contribution in [3.8, 4) is 0 Å². The monoisotopic (exact) mass is 250 g/mol. The van der Waals surface area contributed by atoms with Gasteiger partial charge in [-0.1, -0.05) is 6.92 Å². The summed E-state index contributed by atoms with van der Waals surface area (Å²) in [7, 11) is 2.04. The van der Waals surface area contributed by atoms with E-state index < -0.39 is 0 Å². The number of hydrogen-bond acceptors (Lipinski definition) is 3. The first-order chi connectivity index (χ1) is 8.85. The summed E-state index contributed by atoms with van der Waals surface area (Å²) in [5, 5.41) is 3.25. The molecule has 1 aliphatic heterocycles. The van der Waals surface area contributed by atoms with Crippen LogP contribution in [0.3, 0.4) is 0 Å². The number of anilines is 1. The van der Waals surface area contributed by atoms with Crippen LogP contribution in [0.4, 0.5) is 5.95 Å². The van der Waals surface area contributed by atoms with Crippen molar-refractivity contribution in [2.75, 3.05) is 31.6 Å². The minimum absolute atomic E-state index is 0.892. The lowest BCUT2D eigenvalue weighted by atomic mass is 9.94. The van der Waals surface area contributed by atoms with Gasteiger partial charge in [0.2, 0.25) is 5.95 Å². The number of aromatic nitrogens is 2. The van der Waals surface area contributed by atoms with Crippen molar-refractivity contribution in [2.24, 2.45) is 5.92 Å². The van der Waals surface area contributed by atoms with Gasteiger partial charge in [-0.3, -0.25) is 0 Å². The highest BCUT2D eigenvalue weighted by molar-refractivity contribution is 5.31. The Kier molecular flexibility index (Phi) is 5.05. The summed E-state index contributed by atoms with van der Waals surface area (Å²) < 4.78 is 2.29. The van der Waals surface area contributed by atoms with E-state index in [4.69, 9.17) is 0 Å². The van der Waals surface area contributed by atoms with E-state index in [-0.39, 0.29) is 0 Å². The number of aryl methyl sites for hydroxylation is 1. The molecule has 1 aliphatic rings. The zero-order chi connectivity index (χ0) is 12.8. The first-order valence-corrected chi connectivity index (χ1v) is 7.25. The van der Waals surface area contributed by atoms with Gasteiger partial charge in [0.1, 0.15) is 0 Å². The molecule has 0 radical (unpaired) electrons. The molecule has 0 amide bonds. The largest absolute Gasteiger partial charge is 0.342 e. The van der Waals surface area contributed by atoms with Crippen molar-refractivity contribution < 1.29 is 0 Å². The third-order valence-corrected chi connectivity index (χ3v) is 3.86. The summed E-state index contributed by atoms with van der Waals surface area (Å²) in [5.41, 5.74) is 0. The Bertz CT molecular complexity index is 339. The van der Waals surface area contributed by atoms with Crippen LogP contribution in [-0.4, -0.2) is 36.2 Å². The second kappa shape index (κ2) is 6.78. The maximum atomic E-state index is 4.52. The van der Waals surface area contributed by atoms with Gasteiger partial charge in [0.25, 0.3) is 0 Å². The molecule has 1 aromatic rings. The van der Waals surface area contributed by atoms with Crippen LogP contribution in [0.25, 0.3) is 0 Å². The van der Waals surface area contributed by atoms with Gasteiger partial charge in [0, 0.05) is 32.0 Å². The molecule has 0 aromatic carbocycles. The Morgan fingerprint density at radius 3 is 2.83 bits per heavy atom. The second-order valence-electron chi connectivity index (χ2n) is 5.24. The van der Waals surface area contributed by atoms with Crippen LogP contribution in [0, 0.1) is 5.92 Å². The molecule has 2 heterocycles. The maximum Gasteiger partial charge on any atom is 0.205 e. The molecular formula is C14H26N4. The Hall–Kier alpha value is -1.03. The zero-order valence-electron chi connectivity index (χ0n) is 11.7. The Morgan fingerprint density at radius 1 is 1.39 bits per heavy atom. The van der Waals surface area contributed by atoms with Gasteiger partial charge in [-0.15, -0.1) is 0 Å². The zero-order valence-corrected chi connectivity index (χ0v) is 11.7. The van der Waals surface area contributed by atoms with Crippen molar-refractivity contribution in [1.29, 1.82) is 0 Å². The molecule has 4 heteroatoms. The van der Waals surface area contributed by atoms with Gasteiger partial charge >= 0.3 is 0 Å². The smallest absolute Gasteiger partial charge is 0.205 e. The average molecular weight is 250 g/mol. The summed E-state index contributed by atoms with van der Waals surface area (Å²) >= 11 is 0. The number of nitrogens with one attached hydrogen (secondary N) is 1. The van der Waals surface area contributed by atoms with Crippen LogP contribution < -0.4 is 10.2 Å². The van der Waals surface area contributed by atoms with Gasteiger partial charge in [-0.2, -0.15) is 0 Å². The standard InChI is InChI=1S/C14H26N4/c1-3-9-17-12-8-16-14(17)18-10-5-13(6-11-18)4-7-15-2/h8,12-13,15H,3-7,9-11H2,1-2H3. The molecule has 2 rings (SSSR count). The SMILES string of the molecule is CCCn1ccnc1N1CCC(CCNC)CC1. The first kappa shape index (κ1) is 13.4. The predicted molar refractivity (Wildman–Crippen MR) is 76.0 cm³/mol. The molecule has 0 bridgehead atoms. The molecule has 1 aromatic heterocycles. The highest BCUT2D eigenvalue weighted by Gasteiger charge is 2.21. The molecule has 0 unspecified atom stereocenters. The molecule has 18 heavy (non-hydrogen) atoms. The van der Waals surface area contributed by atoms with E-state index >= 15 is 0 Å². The number of piperidine rings is 1. The van der Waals surface area contributed by atoms with E-state index in [0.717, 1.165) is 32.1 Å². The molecule has 0 spiro atoms. The summed E-state index contributed by atoms with van der Waals surface area (Å²) in [6.07, 6.45) is 9.13. The third-order valence-electron chi connectivity index (χ3n) is 3.86. The van der Waals surface area contributed by atoms with Gasteiger partial charge in [0.05, 0.1) is 0 Å². The molecular weight excluding hydrogens is 224 g/mol. The maximum absolute atomic E-state index is 4.52. The number of hydrogen-bond donors (Lipinski definition) is 1. The van der Waals surface area contributed by atoms with Gasteiger partial charge in [-0.05, 0) is 45.2 Å². The summed E-state index contributed by atoms with van der Waals surface area (Å²) in [6.45, 7) is 6.77. The minimum atomic E-state index is 0.892. The van der Waals surface area contributed by atoms with E-state index in [9.17, 15) is 0 Å². The van der Waals surface area contributed by atoms with E-state index in [0.29, 0.717) is 0 Å². The fraction of sp³-hybridized carbons (Fsp3) is 0.786. The highest BCUT2D eigenvalue weighted by atomic mass is 15.3. The molecule has 4 nitrogen and oxygen atoms in total. The van der Waals surface area contributed by atoms with Crippen molar-refractivity contribution in [3.05, 3.63) is 12.4 Å². The molecule has 0 saturated carbocycles. The lowest BCUT2D eigenvalue weighted by molar-refractivity contribution is 0.373. The van der Waals surface area contributed by atoms with E-state index in [1.807, 2.05) is 13.2 Å². The van der Waals surface area contributed by atoms with Crippen LogP contribution in [0.1, 0.15) is 32.6 Å². The topological polar surface area (TPSA) is 33.1 Å². The third kappa shape index (κ3) is 3.25. The minimum Gasteiger partial charge on any atom is -0.342 e. The average Bonchev–Trinajstić information content (AvgIpc) is 2.86. The van der Waals surface area contributed by atoms with Crippen molar-refractivity contribution >= 4 is 5.95 Å². The predicted octanol–water partition coefficient (Wildman–Crippen LogP) is 2.12. The number of rotatable bonds is 6. The van der Waals surface area contributed by atoms with Crippen LogP contribution in [0.15, 0.2) is 12.4 Å².